The van der Waals surface area contributed by atoms with E-state index in [1.54, 1.807) is 0 Å². The molecule has 0 N–H and O–H groups in total. The lowest BCUT2D eigenvalue weighted by Crippen LogP contribution is -2.35. The van der Waals surface area contributed by atoms with Gasteiger partial charge in [-0.1, -0.05) is 26.7 Å². The highest BCUT2D eigenvalue weighted by atomic mass is 16.6. The minimum Gasteiger partial charge on any atom is -0.460 e. The molecular weight excluding hydrogens is 624 g/mol. The molecule has 0 heterocycles. The van der Waals surface area contributed by atoms with E-state index in [4.69, 9.17) is 56.8 Å². The topological polar surface area (TPSA) is 162 Å². The summed E-state index contributed by atoms with van der Waals surface area (Å²) in [5.41, 5.74) is -0.441. The highest BCUT2D eigenvalue weighted by Gasteiger charge is 2.26. The van der Waals surface area contributed by atoms with E-state index in [1.165, 1.54) is 0 Å². The van der Waals surface area contributed by atoms with Crippen molar-refractivity contribution in [1.29, 1.82) is 0 Å². The van der Waals surface area contributed by atoms with E-state index in [-0.39, 0.29) is 39.6 Å². The number of hydrogen-bond acceptors (Lipinski definition) is 15. The van der Waals surface area contributed by atoms with Crippen molar-refractivity contribution in [2.45, 2.75) is 6.92 Å². The Morgan fingerprint density at radius 1 is 0.383 bits per heavy atom. The van der Waals surface area contributed by atoms with Crippen molar-refractivity contribution < 1.29 is 71.2 Å². The van der Waals surface area contributed by atoms with Crippen LogP contribution in [-0.4, -0.2) is 157 Å². The molecule has 0 rings (SSSR count). The van der Waals surface area contributed by atoms with Crippen LogP contribution >= 0.6 is 0 Å². The van der Waals surface area contributed by atoms with Gasteiger partial charge in [-0.2, -0.15) is 0 Å². The summed E-state index contributed by atoms with van der Waals surface area (Å²) < 4.78 is 64.6. The fraction of sp³-hybridized carbons (Fsp3) is 0.719. The first-order valence-electron chi connectivity index (χ1n) is 15.4. The van der Waals surface area contributed by atoms with Crippen LogP contribution in [0.2, 0.25) is 0 Å². The summed E-state index contributed by atoms with van der Waals surface area (Å²) in [5.74, 6) is -1.46. The minimum absolute atomic E-state index is 0.158. The summed E-state index contributed by atoms with van der Waals surface area (Å²) in [6.45, 7) is 18.9. The van der Waals surface area contributed by atoms with Gasteiger partial charge in [0.2, 0.25) is 0 Å². The van der Waals surface area contributed by atoms with Gasteiger partial charge in [0.25, 0.3) is 0 Å². The number of esters is 3. The quantitative estimate of drug-likeness (QED) is 0.0404. The van der Waals surface area contributed by atoms with Gasteiger partial charge in [-0.25, -0.2) is 14.4 Å². The Balaban J connectivity index is 4.17. The number of rotatable bonds is 36. The highest BCUT2D eigenvalue weighted by Crippen LogP contribution is 2.18. The molecule has 0 radical (unpaired) electrons. The highest BCUT2D eigenvalue weighted by molar-refractivity contribution is 5.81. The van der Waals surface area contributed by atoms with Crippen molar-refractivity contribution in [3.05, 3.63) is 38.0 Å². The first-order valence-corrected chi connectivity index (χ1v) is 15.4. The fourth-order valence-corrected chi connectivity index (χ4v) is 3.18. The minimum atomic E-state index is -0.486. The van der Waals surface area contributed by atoms with E-state index in [9.17, 15) is 14.4 Å². The van der Waals surface area contributed by atoms with Crippen LogP contribution < -0.4 is 0 Å². The molecule has 0 unspecified atom stereocenters. The van der Waals surface area contributed by atoms with Gasteiger partial charge < -0.3 is 56.8 Å². The molecule has 15 nitrogen and oxygen atoms in total. The van der Waals surface area contributed by atoms with E-state index in [0.717, 1.165) is 18.2 Å². The summed E-state index contributed by atoms with van der Waals surface area (Å²) >= 11 is 0. The SMILES string of the molecule is C=CC(=O)OCCOCCOCCOCC(C)(COCCOCCOCCOC(=O)C=C)COCCOCCOCCOC(=O)C=C. The van der Waals surface area contributed by atoms with Crippen molar-refractivity contribution >= 4 is 17.9 Å². The Labute approximate surface area is 278 Å². The molecule has 0 aromatic carbocycles. The maximum atomic E-state index is 11.0. The summed E-state index contributed by atoms with van der Waals surface area (Å²) in [5, 5.41) is 0. The molecule has 0 aromatic rings. The third-order valence-electron chi connectivity index (χ3n) is 5.50. The first kappa shape index (κ1) is 44.3. The van der Waals surface area contributed by atoms with E-state index in [2.05, 4.69) is 19.7 Å². The predicted octanol–water partition coefficient (Wildman–Crippen LogP) is 1.33. The average molecular weight is 679 g/mol. The van der Waals surface area contributed by atoms with Gasteiger partial charge in [-0.05, 0) is 0 Å². The maximum absolute atomic E-state index is 11.0. The van der Waals surface area contributed by atoms with Gasteiger partial charge in [-0.3, -0.25) is 0 Å². The van der Waals surface area contributed by atoms with Crippen LogP contribution in [-0.2, 0) is 71.2 Å². The number of carbonyl (C=O) groups is 3. The normalized spacial score (nSPS) is 11.2. The lowest BCUT2D eigenvalue weighted by atomic mass is 9.94. The Morgan fingerprint density at radius 2 is 0.574 bits per heavy atom. The van der Waals surface area contributed by atoms with Crippen LogP contribution in [0.4, 0.5) is 0 Å². The van der Waals surface area contributed by atoms with Crippen molar-refractivity contribution in [3.8, 4) is 0 Å². The molecule has 0 saturated carbocycles. The molecule has 0 bridgehead atoms. The molecule has 272 valence electrons. The largest absolute Gasteiger partial charge is 0.460 e. The molecule has 0 atom stereocenters. The number of carbonyl (C=O) groups excluding carboxylic acids is 3. The number of ether oxygens (including phenoxy) is 12. The first-order chi connectivity index (χ1) is 22.9. The van der Waals surface area contributed by atoms with Gasteiger partial charge in [0.1, 0.15) is 19.8 Å². The zero-order chi connectivity index (χ0) is 34.7. The Kier molecular flexibility index (Phi) is 31.3. The van der Waals surface area contributed by atoms with Gasteiger partial charge in [0, 0.05) is 23.6 Å². The molecule has 0 fully saturated rings. The van der Waals surface area contributed by atoms with Gasteiger partial charge >= 0.3 is 17.9 Å². The molecule has 47 heavy (non-hydrogen) atoms. The summed E-state index contributed by atoms with van der Waals surface area (Å²) in [4.78, 5) is 32.9. The Bertz CT molecular complexity index is 718. The summed E-state index contributed by atoms with van der Waals surface area (Å²) in [6.07, 6.45) is 3.30. The maximum Gasteiger partial charge on any atom is 0.330 e. The second-order valence-corrected chi connectivity index (χ2v) is 9.76. The predicted molar refractivity (Wildman–Crippen MR) is 169 cm³/mol. The van der Waals surface area contributed by atoms with Crippen molar-refractivity contribution in [3.63, 3.8) is 0 Å². The molecule has 0 aliphatic heterocycles. The van der Waals surface area contributed by atoms with Crippen molar-refractivity contribution in [1.82, 2.24) is 0 Å². The molecule has 0 spiro atoms. The summed E-state index contributed by atoms with van der Waals surface area (Å²) in [6, 6.07) is 0. The van der Waals surface area contributed by atoms with Crippen LogP contribution in [0.5, 0.6) is 0 Å². The van der Waals surface area contributed by atoms with Crippen LogP contribution in [0.15, 0.2) is 38.0 Å². The third-order valence-corrected chi connectivity index (χ3v) is 5.50. The monoisotopic (exact) mass is 678 g/mol. The molecular formula is C32H54O15. The molecule has 0 saturated heterocycles. The molecule has 0 amide bonds. The standard InChI is InChI=1S/C32H54O15/c1-5-29(33)45-23-20-39-11-8-36-14-17-42-26-32(4,27-43-18-15-37-9-12-40-21-24-46-30(34)6-2)28-44-19-16-38-10-13-41-22-25-47-31(35)7-3/h5-7H,1-3,8-28H2,4H3. The lowest BCUT2D eigenvalue weighted by molar-refractivity contribution is -0.140. The van der Waals surface area contributed by atoms with Crippen LogP contribution in [0, 0.1) is 5.41 Å². The van der Waals surface area contributed by atoms with E-state index in [0.29, 0.717) is 99.1 Å². The zero-order valence-corrected chi connectivity index (χ0v) is 27.8. The van der Waals surface area contributed by atoms with Gasteiger partial charge in [0.15, 0.2) is 0 Å². The van der Waals surface area contributed by atoms with Gasteiger partial charge in [0.05, 0.1) is 119 Å². The number of hydrogen-bond donors (Lipinski definition) is 0. The van der Waals surface area contributed by atoms with E-state index < -0.39 is 23.3 Å². The third kappa shape index (κ3) is 31.6. The fourth-order valence-electron chi connectivity index (χ4n) is 3.18. The van der Waals surface area contributed by atoms with Gasteiger partial charge in [-0.15, -0.1) is 0 Å². The van der Waals surface area contributed by atoms with Crippen molar-refractivity contribution in [2.24, 2.45) is 5.41 Å². The smallest absolute Gasteiger partial charge is 0.330 e. The van der Waals surface area contributed by atoms with Crippen LogP contribution in [0.1, 0.15) is 6.92 Å². The van der Waals surface area contributed by atoms with Crippen LogP contribution in [0.25, 0.3) is 0 Å². The second kappa shape index (κ2) is 33.2. The molecule has 0 aliphatic carbocycles. The molecule has 0 aromatic heterocycles. The second-order valence-electron chi connectivity index (χ2n) is 9.76. The van der Waals surface area contributed by atoms with Crippen molar-refractivity contribution in [2.75, 3.05) is 139 Å². The molecule has 0 aliphatic rings. The van der Waals surface area contributed by atoms with E-state index in [1.807, 2.05) is 6.92 Å². The zero-order valence-electron chi connectivity index (χ0n) is 27.8. The summed E-state index contributed by atoms with van der Waals surface area (Å²) in [7, 11) is 0. The van der Waals surface area contributed by atoms with Crippen LogP contribution in [0.3, 0.4) is 0 Å². The Hall–Kier alpha value is -2.73. The molecule has 15 heteroatoms. The lowest BCUT2D eigenvalue weighted by Gasteiger charge is -2.29. The van der Waals surface area contributed by atoms with E-state index >= 15 is 0 Å². The Morgan fingerprint density at radius 3 is 0.787 bits per heavy atom. The average Bonchev–Trinajstić information content (AvgIpc) is 3.07.